The summed E-state index contributed by atoms with van der Waals surface area (Å²) in [4.78, 5) is 0. The molecule has 0 aliphatic carbocycles. The Balaban J connectivity index is 0.895. The van der Waals surface area contributed by atoms with Gasteiger partial charge in [0.15, 0.2) is 0 Å². The molecule has 6 heteroatoms. The third kappa shape index (κ3) is 5.51. The van der Waals surface area contributed by atoms with Gasteiger partial charge in [-0.2, -0.15) is 0 Å². The van der Waals surface area contributed by atoms with Crippen molar-refractivity contribution in [3.8, 4) is 44.8 Å². The number of aromatic nitrogens is 2. The van der Waals surface area contributed by atoms with E-state index in [2.05, 4.69) is 252 Å². The molecule has 0 amide bonds. The van der Waals surface area contributed by atoms with E-state index in [1.807, 2.05) is 6.07 Å². The summed E-state index contributed by atoms with van der Waals surface area (Å²) in [7, 11) is 0. The molecule has 0 spiro atoms. The molecule has 2 aliphatic rings. The molecule has 0 N–H and O–H groups in total. The predicted octanol–water partition coefficient (Wildman–Crippen LogP) is 19.2. The Morgan fingerprint density at radius 1 is 0.238 bits per heavy atom. The molecule has 0 saturated carbocycles. The van der Waals surface area contributed by atoms with Gasteiger partial charge in [0, 0.05) is 81.7 Å². The second kappa shape index (κ2) is 15.5. The van der Waals surface area contributed by atoms with Gasteiger partial charge < -0.3 is 22.4 Å². The standard InChI is InChI=1S/C78H41BN2O3/c1-2-14-50-48(12-1)49-13-3-4-18-57(49)74-58(50)31-33-65-75(74)61-36-47(45-26-30-56-53-17-7-10-23-70(53)84-73(56)41-45)38-63-78(61)81(65)67-20-11-19-66-76(67)79(63)62-37-46(44-25-29-55-52-16-6-9-22-69(52)83-72(55)40-44)35-60-59-34-42(27-32-64(59)80(66)77(60)62)43-24-28-54-51-15-5-8-21-68(51)82-71(54)39-43/h1-41H. The SMILES string of the molecule is c1cc2c3c(c1)-n1c4ccc5c6ccccc6c6ccccc6c5c4c4cc(-c5ccc6c(c5)oc5ccccc56)cc(c41)B3c1cc(-c3ccc4c(c3)oc3ccccc34)cc3c4cc(-c5ccc6c(c5)oc5ccccc56)ccc4n-2c13. The Kier molecular flexibility index (Phi) is 8.05. The molecule has 384 valence electrons. The number of fused-ring (bicyclic) bond motifs is 26. The fraction of sp³-hybridized carbons (Fsp3) is 0. The van der Waals surface area contributed by atoms with Crippen LogP contribution in [0.5, 0.6) is 0 Å². The van der Waals surface area contributed by atoms with Crippen LogP contribution in [0, 0.1) is 0 Å². The van der Waals surface area contributed by atoms with Crippen molar-refractivity contribution in [3.63, 3.8) is 0 Å². The van der Waals surface area contributed by atoms with Crippen molar-refractivity contribution in [2.24, 2.45) is 0 Å². The predicted molar refractivity (Wildman–Crippen MR) is 350 cm³/mol. The molecule has 84 heavy (non-hydrogen) atoms. The third-order valence-corrected chi connectivity index (χ3v) is 19.2. The van der Waals surface area contributed by atoms with E-state index in [0.29, 0.717) is 0 Å². The van der Waals surface area contributed by atoms with Gasteiger partial charge in [0.25, 0.3) is 6.71 Å². The molecular weight excluding hydrogens is 1020 g/mol. The molecule has 14 aromatic carbocycles. The highest BCUT2D eigenvalue weighted by Crippen LogP contribution is 2.48. The summed E-state index contributed by atoms with van der Waals surface area (Å²) in [5.74, 6) is 0. The van der Waals surface area contributed by atoms with Gasteiger partial charge in [-0.05, 0) is 174 Å². The largest absolute Gasteiger partial charge is 0.456 e. The van der Waals surface area contributed by atoms with Gasteiger partial charge in [-0.3, -0.25) is 0 Å². The first-order valence-electron chi connectivity index (χ1n) is 29.0. The lowest BCUT2D eigenvalue weighted by molar-refractivity contribution is 0.668. The number of hydrogen-bond donors (Lipinski definition) is 0. The maximum absolute atomic E-state index is 6.66. The van der Waals surface area contributed by atoms with Crippen molar-refractivity contribution in [2.45, 2.75) is 0 Å². The zero-order valence-electron chi connectivity index (χ0n) is 44.9. The molecule has 5 aromatic heterocycles. The molecule has 21 rings (SSSR count). The zero-order valence-corrected chi connectivity index (χ0v) is 44.9. The minimum absolute atomic E-state index is 0.140. The van der Waals surface area contributed by atoms with Gasteiger partial charge in [0.05, 0.1) is 11.0 Å². The molecule has 2 aliphatic heterocycles. The minimum atomic E-state index is -0.140. The van der Waals surface area contributed by atoms with Crippen LogP contribution < -0.4 is 16.4 Å². The van der Waals surface area contributed by atoms with Crippen molar-refractivity contribution >= 4 is 165 Å². The van der Waals surface area contributed by atoms with Crippen molar-refractivity contribution in [1.82, 2.24) is 9.13 Å². The summed E-state index contributed by atoms with van der Waals surface area (Å²) in [6, 6.07) is 92.2. The van der Waals surface area contributed by atoms with Gasteiger partial charge in [-0.25, -0.2) is 0 Å². The van der Waals surface area contributed by atoms with E-state index < -0.39 is 0 Å². The quantitative estimate of drug-likeness (QED) is 0.131. The van der Waals surface area contributed by atoms with Crippen LogP contribution in [0.25, 0.3) is 186 Å². The smallest absolute Gasteiger partial charge is 0.252 e. The molecule has 0 atom stereocenters. The second-order valence-corrected chi connectivity index (χ2v) is 23.4. The van der Waals surface area contributed by atoms with Gasteiger partial charge >= 0.3 is 0 Å². The Hall–Kier alpha value is -11.1. The topological polar surface area (TPSA) is 49.3 Å². The monoisotopic (exact) mass is 1060 g/mol. The van der Waals surface area contributed by atoms with Crippen molar-refractivity contribution in [2.75, 3.05) is 0 Å². The molecule has 0 saturated heterocycles. The van der Waals surface area contributed by atoms with Gasteiger partial charge in [-0.15, -0.1) is 0 Å². The number of rotatable bonds is 3. The fourth-order valence-corrected chi connectivity index (χ4v) is 15.7. The Labute approximate surface area is 478 Å². The first-order valence-corrected chi connectivity index (χ1v) is 29.0. The molecule has 0 bridgehead atoms. The van der Waals surface area contributed by atoms with Crippen LogP contribution in [0.2, 0.25) is 0 Å². The highest BCUT2D eigenvalue weighted by molar-refractivity contribution is 7.00. The summed E-state index contributed by atoms with van der Waals surface area (Å²) in [5, 5.41) is 19.3. The van der Waals surface area contributed by atoms with E-state index in [-0.39, 0.29) is 6.71 Å². The van der Waals surface area contributed by atoms with Crippen LogP contribution in [0.15, 0.2) is 262 Å². The van der Waals surface area contributed by atoms with Crippen LogP contribution in [0.4, 0.5) is 0 Å². The molecule has 0 fully saturated rings. The van der Waals surface area contributed by atoms with Crippen LogP contribution in [-0.2, 0) is 0 Å². The molecule has 0 unspecified atom stereocenters. The number of para-hydroxylation sites is 3. The molecular formula is C78H41BN2O3. The van der Waals surface area contributed by atoms with Crippen LogP contribution in [0.3, 0.4) is 0 Å². The summed E-state index contributed by atoms with van der Waals surface area (Å²) >= 11 is 0. The summed E-state index contributed by atoms with van der Waals surface area (Å²) in [5.41, 5.74) is 23.2. The van der Waals surface area contributed by atoms with Gasteiger partial charge in [0.2, 0.25) is 0 Å². The van der Waals surface area contributed by atoms with E-state index >= 15 is 0 Å². The average Bonchev–Trinajstić information content (AvgIpc) is 1.61. The molecule has 5 nitrogen and oxygen atoms in total. The fourth-order valence-electron chi connectivity index (χ4n) is 15.7. The van der Waals surface area contributed by atoms with Crippen molar-refractivity contribution in [3.05, 3.63) is 249 Å². The number of benzene rings is 14. The number of furan rings is 3. The highest BCUT2D eigenvalue weighted by Gasteiger charge is 2.42. The van der Waals surface area contributed by atoms with E-state index in [4.69, 9.17) is 13.3 Å². The minimum Gasteiger partial charge on any atom is -0.456 e. The van der Waals surface area contributed by atoms with Crippen LogP contribution >= 0.6 is 0 Å². The van der Waals surface area contributed by atoms with Crippen LogP contribution in [-0.4, -0.2) is 15.8 Å². The summed E-state index contributed by atoms with van der Waals surface area (Å²) < 4.78 is 25.0. The van der Waals surface area contributed by atoms with Crippen LogP contribution in [0.1, 0.15) is 0 Å². The second-order valence-electron chi connectivity index (χ2n) is 23.4. The van der Waals surface area contributed by atoms with E-state index in [9.17, 15) is 0 Å². The Bertz CT molecular complexity index is 6230. The Morgan fingerprint density at radius 2 is 0.619 bits per heavy atom. The van der Waals surface area contributed by atoms with Gasteiger partial charge in [-0.1, -0.05) is 152 Å². The number of nitrogens with zero attached hydrogens (tertiary/aromatic N) is 2. The zero-order chi connectivity index (χ0) is 54.2. The van der Waals surface area contributed by atoms with E-state index in [1.165, 1.54) is 104 Å². The van der Waals surface area contributed by atoms with Crippen molar-refractivity contribution in [1.29, 1.82) is 0 Å². The molecule has 0 radical (unpaired) electrons. The molecule has 19 aromatic rings. The normalized spacial score (nSPS) is 13.0. The number of hydrogen-bond acceptors (Lipinski definition) is 3. The first-order chi connectivity index (χ1) is 41.6. The summed E-state index contributed by atoms with van der Waals surface area (Å²) in [6.07, 6.45) is 0. The van der Waals surface area contributed by atoms with Gasteiger partial charge in [0.1, 0.15) is 33.5 Å². The van der Waals surface area contributed by atoms with Crippen molar-refractivity contribution < 1.29 is 13.3 Å². The lowest BCUT2D eigenvalue weighted by atomic mass is 9.34. The lowest BCUT2D eigenvalue weighted by Crippen LogP contribution is -2.59. The van der Waals surface area contributed by atoms with E-state index in [0.717, 1.165) is 99.2 Å². The highest BCUT2D eigenvalue weighted by atomic mass is 16.3. The van der Waals surface area contributed by atoms with E-state index in [1.54, 1.807) is 0 Å². The molecule has 7 heterocycles. The first kappa shape index (κ1) is 43.7. The maximum atomic E-state index is 6.66. The third-order valence-electron chi connectivity index (χ3n) is 19.2. The Morgan fingerprint density at radius 3 is 1.18 bits per heavy atom. The maximum Gasteiger partial charge on any atom is 0.252 e. The summed E-state index contributed by atoms with van der Waals surface area (Å²) in [6.45, 7) is -0.140. The average molecular weight is 1070 g/mol. The lowest BCUT2D eigenvalue weighted by Gasteiger charge is -2.34.